The third kappa shape index (κ3) is 2.28. The van der Waals surface area contributed by atoms with Crippen LogP contribution in [0.2, 0.25) is 0 Å². The number of nitrogens with two attached hydrogens (primary N) is 1. The van der Waals surface area contributed by atoms with Crippen molar-refractivity contribution in [2.45, 2.75) is 13.8 Å². The highest BCUT2D eigenvalue weighted by Crippen LogP contribution is 2.32. The minimum absolute atomic E-state index is 0.0354. The number of nitrogen functional groups attached to an aromatic ring is 1. The number of nitrogens with one attached hydrogen (secondary N) is 1. The Hall–Kier alpha value is -1.89. The number of rotatable bonds is 3. The van der Waals surface area contributed by atoms with Gasteiger partial charge in [-0.25, -0.2) is 0 Å². The fourth-order valence-corrected chi connectivity index (χ4v) is 2.23. The van der Waals surface area contributed by atoms with Crippen molar-refractivity contribution >= 4 is 22.2 Å². The Morgan fingerprint density at radius 2 is 2.41 bits per heavy atom. The second kappa shape index (κ2) is 4.54. The van der Waals surface area contributed by atoms with Gasteiger partial charge >= 0.3 is 0 Å². The molecular formula is C10H12N4O2S. The lowest BCUT2D eigenvalue weighted by atomic mass is 10.3. The van der Waals surface area contributed by atoms with Gasteiger partial charge in [0.15, 0.2) is 0 Å². The molecule has 0 fully saturated rings. The lowest BCUT2D eigenvalue weighted by Crippen LogP contribution is -2.23. The molecule has 2 aromatic rings. The fraction of sp³-hybridized carbons (Fsp3) is 0.300. The first-order valence-electron chi connectivity index (χ1n) is 5.10. The third-order valence-electron chi connectivity index (χ3n) is 2.10. The van der Waals surface area contributed by atoms with E-state index in [-0.39, 0.29) is 11.7 Å². The van der Waals surface area contributed by atoms with Crippen LogP contribution in [0.1, 0.15) is 23.1 Å². The normalized spacial score (nSPS) is 10.5. The van der Waals surface area contributed by atoms with Crippen molar-refractivity contribution in [1.82, 2.24) is 15.5 Å². The summed E-state index contributed by atoms with van der Waals surface area (Å²) in [6, 6.07) is 1.83. The molecule has 2 heterocycles. The Morgan fingerprint density at radius 1 is 1.65 bits per heavy atom. The van der Waals surface area contributed by atoms with Crippen LogP contribution in [0.5, 0.6) is 0 Å². The molecule has 6 nitrogen and oxygen atoms in total. The van der Waals surface area contributed by atoms with Gasteiger partial charge in [-0.15, -0.1) is 11.3 Å². The van der Waals surface area contributed by atoms with Gasteiger partial charge in [0.1, 0.15) is 0 Å². The summed E-state index contributed by atoms with van der Waals surface area (Å²) in [5.41, 5.74) is 6.64. The first-order valence-corrected chi connectivity index (χ1v) is 5.91. The number of aryl methyl sites for hydroxylation is 1. The zero-order valence-corrected chi connectivity index (χ0v) is 10.3. The molecule has 2 aromatic heterocycles. The molecule has 0 aromatic carbocycles. The molecule has 0 unspecified atom stereocenters. The number of carbonyl (C=O) groups is 1. The third-order valence-corrected chi connectivity index (χ3v) is 3.15. The minimum Gasteiger partial charge on any atom is -0.391 e. The molecule has 0 aliphatic heterocycles. The first-order chi connectivity index (χ1) is 8.11. The van der Waals surface area contributed by atoms with E-state index in [0.717, 1.165) is 10.4 Å². The van der Waals surface area contributed by atoms with Crippen molar-refractivity contribution in [2.75, 3.05) is 12.3 Å². The molecule has 90 valence electrons. The zero-order valence-electron chi connectivity index (χ0n) is 9.48. The average molecular weight is 252 g/mol. The smallest absolute Gasteiger partial charge is 0.292 e. The molecule has 0 aliphatic carbocycles. The summed E-state index contributed by atoms with van der Waals surface area (Å²) in [6.07, 6.45) is 0. The van der Waals surface area contributed by atoms with E-state index in [1.807, 2.05) is 19.9 Å². The van der Waals surface area contributed by atoms with Gasteiger partial charge < -0.3 is 15.6 Å². The highest BCUT2D eigenvalue weighted by atomic mass is 32.1. The SMILES string of the molecule is CCNC(=O)c1noc(-c2sc(N)cc2C)n1. The van der Waals surface area contributed by atoms with E-state index >= 15 is 0 Å². The minimum atomic E-state index is -0.343. The number of nitrogens with zero attached hydrogens (tertiary/aromatic N) is 2. The molecule has 0 bridgehead atoms. The quantitative estimate of drug-likeness (QED) is 0.862. The first kappa shape index (κ1) is 11.6. The van der Waals surface area contributed by atoms with Gasteiger partial charge in [-0.05, 0) is 25.5 Å². The summed E-state index contributed by atoms with van der Waals surface area (Å²) in [6.45, 7) is 4.24. The second-order valence-corrected chi connectivity index (χ2v) is 4.53. The van der Waals surface area contributed by atoms with Crippen LogP contribution in [0.3, 0.4) is 0 Å². The Bertz CT molecular complexity index is 546. The van der Waals surface area contributed by atoms with Gasteiger partial charge in [-0.3, -0.25) is 4.79 Å². The van der Waals surface area contributed by atoms with Gasteiger partial charge in [0.05, 0.1) is 9.88 Å². The molecule has 0 saturated carbocycles. The number of aromatic nitrogens is 2. The summed E-state index contributed by atoms with van der Waals surface area (Å²) >= 11 is 1.36. The summed E-state index contributed by atoms with van der Waals surface area (Å²) in [7, 11) is 0. The van der Waals surface area contributed by atoms with Gasteiger partial charge in [-0.2, -0.15) is 4.98 Å². The van der Waals surface area contributed by atoms with E-state index in [1.54, 1.807) is 0 Å². The lowest BCUT2D eigenvalue weighted by molar-refractivity contribution is 0.0942. The number of carbonyl (C=O) groups excluding carboxylic acids is 1. The summed E-state index contributed by atoms with van der Waals surface area (Å²) in [4.78, 5) is 16.3. The summed E-state index contributed by atoms with van der Waals surface area (Å²) in [5, 5.41) is 6.91. The molecule has 1 amide bonds. The van der Waals surface area contributed by atoms with Crippen LogP contribution in [0.4, 0.5) is 5.00 Å². The molecule has 0 atom stereocenters. The van der Waals surface area contributed by atoms with E-state index in [4.69, 9.17) is 10.3 Å². The summed E-state index contributed by atoms with van der Waals surface area (Å²) in [5.74, 6) is 0.0170. The van der Waals surface area contributed by atoms with Gasteiger partial charge in [0.2, 0.25) is 0 Å². The maximum absolute atomic E-state index is 11.5. The Morgan fingerprint density at radius 3 is 3.00 bits per heavy atom. The van der Waals surface area contributed by atoms with Crippen molar-refractivity contribution < 1.29 is 9.32 Å². The fourth-order valence-electron chi connectivity index (χ4n) is 1.37. The number of hydrogen-bond donors (Lipinski definition) is 2. The van der Waals surface area contributed by atoms with Gasteiger partial charge in [0, 0.05) is 6.54 Å². The van der Waals surface area contributed by atoms with Crippen LogP contribution in [0, 0.1) is 6.92 Å². The zero-order chi connectivity index (χ0) is 12.4. The number of hydrogen-bond acceptors (Lipinski definition) is 6. The number of anilines is 1. The molecule has 17 heavy (non-hydrogen) atoms. The maximum Gasteiger partial charge on any atom is 0.292 e. The highest BCUT2D eigenvalue weighted by molar-refractivity contribution is 7.19. The standard InChI is InChI=1S/C10H12N4O2S/c1-3-12-9(15)8-13-10(16-14-8)7-5(2)4-6(11)17-7/h4H,3,11H2,1-2H3,(H,12,15). The maximum atomic E-state index is 11.5. The van der Waals surface area contributed by atoms with Crippen molar-refractivity contribution in [3.8, 4) is 10.8 Å². The molecular weight excluding hydrogens is 240 g/mol. The molecule has 7 heteroatoms. The van der Waals surface area contributed by atoms with Crippen LogP contribution < -0.4 is 11.1 Å². The second-order valence-electron chi connectivity index (χ2n) is 3.44. The van der Waals surface area contributed by atoms with E-state index in [2.05, 4.69) is 15.5 Å². The Labute approximate surface area is 102 Å². The van der Waals surface area contributed by atoms with Crippen molar-refractivity contribution in [1.29, 1.82) is 0 Å². The van der Waals surface area contributed by atoms with Gasteiger partial charge in [0.25, 0.3) is 17.6 Å². The largest absolute Gasteiger partial charge is 0.391 e. The molecule has 0 radical (unpaired) electrons. The van der Waals surface area contributed by atoms with E-state index in [1.165, 1.54) is 11.3 Å². The van der Waals surface area contributed by atoms with Crippen LogP contribution >= 0.6 is 11.3 Å². The van der Waals surface area contributed by atoms with E-state index in [0.29, 0.717) is 17.4 Å². The monoisotopic (exact) mass is 252 g/mol. The molecule has 0 saturated heterocycles. The molecule has 0 spiro atoms. The predicted molar refractivity (Wildman–Crippen MR) is 64.8 cm³/mol. The highest BCUT2D eigenvalue weighted by Gasteiger charge is 2.17. The molecule has 3 N–H and O–H groups in total. The number of thiophene rings is 1. The van der Waals surface area contributed by atoms with Crippen LogP contribution in [0.25, 0.3) is 10.8 Å². The number of amides is 1. The van der Waals surface area contributed by atoms with Gasteiger partial charge in [-0.1, -0.05) is 5.16 Å². The predicted octanol–water partition coefficient (Wildman–Crippen LogP) is 1.44. The van der Waals surface area contributed by atoms with Crippen molar-refractivity contribution in [3.63, 3.8) is 0 Å². The molecule has 2 rings (SSSR count). The van der Waals surface area contributed by atoms with Crippen LogP contribution in [0.15, 0.2) is 10.6 Å². The Balaban J connectivity index is 2.30. The Kier molecular flexibility index (Phi) is 3.10. The van der Waals surface area contributed by atoms with Crippen LogP contribution in [-0.2, 0) is 0 Å². The topological polar surface area (TPSA) is 94.0 Å². The van der Waals surface area contributed by atoms with E-state index in [9.17, 15) is 4.79 Å². The average Bonchev–Trinajstić information content (AvgIpc) is 2.85. The lowest BCUT2D eigenvalue weighted by Gasteiger charge is -1.93. The molecule has 0 aliphatic rings. The van der Waals surface area contributed by atoms with Crippen molar-refractivity contribution in [2.24, 2.45) is 0 Å². The van der Waals surface area contributed by atoms with Crippen LogP contribution in [-0.4, -0.2) is 22.6 Å². The summed E-state index contributed by atoms with van der Waals surface area (Å²) < 4.78 is 5.05. The van der Waals surface area contributed by atoms with E-state index < -0.39 is 0 Å². The van der Waals surface area contributed by atoms with Crippen molar-refractivity contribution in [3.05, 3.63) is 17.5 Å².